The molecule has 0 aromatic heterocycles. The zero-order valence-electron chi connectivity index (χ0n) is 6.25. The zero-order chi connectivity index (χ0) is 8.36. The molecule has 3 heteroatoms. The molecular weight excluding hydrogens is 268 g/mol. The molecule has 0 radical (unpaired) electrons. The molecule has 0 nitrogen and oxygen atoms in total. The number of rotatable bonds is 0. The van der Waals surface area contributed by atoms with Crippen molar-refractivity contribution < 1.29 is 15.1 Å². The molecule has 1 aliphatic rings. The first-order valence-electron chi connectivity index (χ1n) is 3.57. The summed E-state index contributed by atoms with van der Waals surface area (Å²) in [6.07, 6.45) is 14.0. The summed E-state index contributed by atoms with van der Waals surface area (Å²) in [7, 11) is 9.71. The summed E-state index contributed by atoms with van der Waals surface area (Å²) in [5, 5.41) is 0. The van der Waals surface area contributed by atoms with Gasteiger partial charge in [-0.25, -0.2) is 0 Å². The predicted molar refractivity (Wildman–Crippen MR) is 48.5 cm³/mol. The van der Waals surface area contributed by atoms with Gasteiger partial charge in [0.05, 0.1) is 0 Å². The molecule has 0 fully saturated rings. The monoisotopic (exact) mass is 280 g/mol. The third-order valence-electron chi connectivity index (χ3n) is 1.33. The Balaban J connectivity index is 0.000000292. The van der Waals surface area contributed by atoms with Crippen LogP contribution in [-0.4, -0.2) is 0 Å². The van der Waals surface area contributed by atoms with Gasteiger partial charge in [-0.15, -0.1) is 0 Å². The van der Waals surface area contributed by atoms with Crippen LogP contribution in [0.25, 0.3) is 0 Å². The normalized spacial score (nSPS) is 22.4. The van der Waals surface area contributed by atoms with Crippen LogP contribution in [0.4, 0.5) is 0 Å². The molecule has 0 atom stereocenters. The first kappa shape index (κ1) is 11.7. The van der Waals surface area contributed by atoms with Gasteiger partial charge in [0.2, 0.25) is 0 Å². The number of allylic oxidation sites excluding steroid dienone is 4. The number of hydrogen-bond acceptors (Lipinski definition) is 0. The van der Waals surface area contributed by atoms with Crippen molar-refractivity contribution >= 4 is 19.4 Å². The maximum absolute atomic E-state index is 4.85. The van der Waals surface area contributed by atoms with E-state index in [9.17, 15) is 0 Å². The molecule has 0 heterocycles. The van der Waals surface area contributed by atoms with Crippen LogP contribution in [0.15, 0.2) is 24.3 Å². The van der Waals surface area contributed by atoms with E-state index in [4.69, 9.17) is 19.4 Å². The maximum atomic E-state index is 4.85. The third-order valence-corrected chi connectivity index (χ3v) is 1.33. The predicted octanol–water partition coefficient (Wildman–Crippen LogP) is 4.05. The van der Waals surface area contributed by atoms with E-state index >= 15 is 0 Å². The van der Waals surface area contributed by atoms with E-state index in [0.29, 0.717) is 0 Å². The zero-order valence-corrected chi connectivity index (χ0v) is 9.50. The van der Waals surface area contributed by atoms with Gasteiger partial charge in [-0.05, 0) is 25.7 Å². The molecular formula is C8H12Cl2Ru. The van der Waals surface area contributed by atoms with Crippen LogP contribution >= 0.6 is 19.4 Å². The van der Waals surface area contributed by atoms with Gasteiger partial charge in [0.15, 0.2) is 0 Å². The van der Waals surface area contributed by atoms with Crippen molar-refractivity contribution in [3.05, 3.63) is 24.3 Å². The Morgan fingerprint density at radius 3 is 1.09 bits per heavy atom. The standard InChI is InChI=1S/C8H12.2ClH.Ru/c1-2-4-6-8-7-5-3-1;;;/h1-2,7-8H,3-6H2;2*1H;/q;;;+2/p-2/b2-1-,8-7-;;;. The average Bonchev–Trinajstić information content (AvgIpc) is 1.86. The molecule has 0 aromatic rings. The molecule has 0 aliphatic heterocycles. The summed E-state index contributed by atoms with van der Waals surface area (Å²) in [5.41, 5.74) is 0. The SMILES string of the molecule is C1=C\CC/C=C\CC/1.[Cl][Ru][Cl]. The van der Waals surface area contributed by atoms with Crippen molar-refractivity contribution in [1.82, 2.24) is 0 Å². The van der Waals surface area contributed by atoms with Crippen LogP contribution in [0.5, 0.6) is 0 Å². The Kier molecular flexibility index (Phi) is 11.3. The summed E-state index contributed by atoms with van der Waals surface area (Å²) < 4.78 is 0. The molecule has 0 saturated heterocycles. The van der Waals surface area contributed by atoms with E-state index in [2.05, 4.69) is 24.3 Å². The fourth-order valence-corrected chi connectivity index (χ4v) is 0.856. The first-order valence-corrected chi connectivity index (χ1v) is 8.04. The molecule has 0 amide bonds. The summed E-state index contributed by atoms with van der Waals surface area (Å²) in [6.45, 7) is 0. The van der Waals surface area contributed by atoms with Gasteiger partial charge in [-0.2, -0.15) is 0 Å². The molecule has 0 spiro atoms. The Bertz CT molecular complexity index is 95.3. The average molecular weight is 280 g/mol. The van der Waals surface area contributed by atoms with Crippen LogP contribution in [-0.2, 0) is 15.1 Å². The minimum atomic E-state index is -0.346. The topological polar surface area (TPSA) is 0 Å². The Hall–Kier alpha value is 0.683. The van der Waals surface area contributed by atoms with E-state index in [1.807, 2.05) is 0 Å². The second kappa shape index (κ2) is 10.7. The minimum absolute atomic E-state index is 0.346. The second-order valence-corrected chi connectivity index (χ2v) is 4.79. The van der Waals surface area contributed by atoms with Crippen molar-refractivity contribution in [2.45, 2.75) is 25.7 Å². The van der Waals surface area contributed by atoms with E-state index in [0.717, 1.165) is 0 Å². The summed E-state index contributed by atoms with van der Waals surface area (Å²) in [6, 6.07) is 0. The molecule has 0 unspecified atom stereocenters. The van der Waals surface area contributed by atoms with Gasteiger partial charge >= 0.3 is 34.5 Å². The Labute approximate surface area is 84.3 Å². The summed E-state index contributed by atoms with van der Waals surface area (Å²) in [4.78, 5) is 0. The molecule has 0 saturated carbocycles. The van der Waals surface area contributed by atoms with E-state index in [1.165, 1.54) is 25.7 Å². The molecule has 0 aromatic carbocycles. The van der Waals surface area contributed by atoms with E-state index in [1.54, 1.807) is 0 Å². The van der Waals surface area contributed by atoms with Crippen LogP contribution in [0.1, 0.15) is 25.7 Å². The number of halogens is 2. The van der Waals surface area contributed by atoms with Gasteiger partial charge in [0, 0.05) is 0 Å². The van der Waals surface area contributed by atoms with Crippen LogP contribution in [0.3, 0.4) is 0 Å². The fraction of sp³-hybridized carbons (Fsp3) is 0.500. The molecule has 1 aliphatic carbocycles. The third kappa shape index (κ3) is 10.7. The van der Waals surface area contributed by atoms with Gasteiger partial charge in [0.25, 0.3) is 0 Å². The van der Waals surface area contributed by atoms with E-state index in [-0.39, 0.29) is 15.1 Å². The Morgan fingerprint density at radius 1 is 0.727 bits per heavy atom. The summed E-state index contributed by atoms with van der Waals surface area (Å²) >= 11 is -0.346. The molecule has 11 heavy (non-hydrogen) atoms. The van der Waals surface area contributed by atoms with Crippen molar-refractivity contribution in [3.8, 4) is 0 Å². The second-order valence-electron chi connectivity index (χ2n) is 2.15. The first-order chi connectivity index (χ1) is 5.41. The summed E-state index contributed by atoms with van der Waals surface area (Å²) in [5.74, 6) is 0. The van der Waals surface area contributed by atoms with Crippen molar-refractivity contribution in [2.75, 3.05) is 0 Å². The van der Waals surface area contributed by atoms with Crippen LogP contribution in [0.2, 0.25) is 0 Å². The molecule has 66 valence electrons. The molecule has 0 N–H and O–H groups in total. The van der Waals surface area contributed by atoms with Crippen LogP contribution < -0.4 is 0 Å². The van der Waals surface area contributed by atoms with Crippen molar-refractivity contribution in [3.63, 3.8) is 0 Å². The van der Waals surface area contributed by atoms with Gasteiger partial charge in [-0.3, -0.25) is 0 Å². The van der Waals surface area contributed by atoms with E-state index < -0.39 is 0 Å². The number of hydrogen-bond donors (Lipinski definition) is 0. The quantitative estimate of drug-likeness (QED) is 0.464. The molecule has 0 bridgehead atoms. The van der Waals surface area contributed by atoms with Gasteiger partial charge < -0.3 is 0 Å². The van der Waals surface area contributed by atoms with Gasteiger partial charge in [0.1, 0.15) is 0 Å². The fourth-order valence-electron chi connectivity index (χ4n) is 0.856. The molecule has 1 rings (SSSR count). The van der Waals surface area contributed by atoms with Crippen LogP contribution in [0, 0.1) is 0 Å². The Morgan fingerprint density at radius 2 is 0.909 bits per heavy atom. The van der Waals surface area contributed by atoms with Crippen molar-refractivity contribution in [2.24, 2.45) is 0 Å². The van der Waals surface area contributed by atoms with Gasteiger partial charge in [-0.1, -0.05) is 24.3 Å². The van der Waals surface area contributed by atoms with Crippen molar-refractivity contribution in [1.29, 1.82) is 0 Å².